The van der Waals surface area contributed by atoms with Gasteiger partial charge in [0.05, 0.1) is 23.5 Å². The lowest BCUT2D eigenvalue weighted by Crippen LogP contribution is -2.51. The third-order valence-electron chi connectivity index (χ3n) is 6.66. The van der Waals surface area contributed by atoms with E-state index >= 15 is 0 Å². The summed E-state index contributed by atoms with van der Waals surface area (Å²) in [6.07, 6.45) is 0.0199. The molecular formula is C28H34N4O5. The summed E-state index contributed by atoms with van der Waals surface area (Å²) in [5, 5.41) is 2.87. The molecule has 2 aromatic carbocycles. The number of benzene rings is 2. The summed E-state index contributed by atoms with van der Waals surface area (Å²) in [6, 6.07) is 12.8. The molecule has 4 amide bonds. The van der Waals surface area contributed by atoms with Crippen molar-refractivity contribution in [3.8, 4) is 11.1 Å². The number of carbonyl (C=O) groups is 4. The van der Waals surface area contributed by atoms with E-state index in [0.29, 0.717) is 36.6 Å². The molecule has 0 spiro atoms. The highest BCUT2D eigenvalue weighted by Crippen LogP contribution is 2.39. The van der Waals surface area contributed by atoms with E-state index in [2.05, 4.69) is 5.32 Å². The van der Waals surface area contributed by atoms with E-state index in [1.807, 2.05) is 37.3 Å². The van der Waals surface area contributed by atoms with Gasteiger partial charge < -0.3 is 19.9 Å². The van der Waals surface area contributed by atoms with Gasteiger partial charge in [-0.05, 0) is 62.6 Å². The van der Waals surface area contributed by atoms with Gasteiger partial charge in [0, 0.05) is 45.1 Å². The topological polar surface area (TPSA) is 99.3 Å². The lowest BCUT2D eigenvalue weighted by molar-refractivity contribution is -0.119. The van der Waals surface area contributed by atoms with Crippen molar-refractivity contribution in [2.45, 2.75) is 59.2 Å². The second kappa shape index (κ2) is 10.6. The van der Waals surface area contributed by atoms with Crippen molar-refractivity contribution in [1.29, 1.82) is 0 Å². The van der Waals surface area contributed by atoms with Gasteiger partial charge in [-0.25, -0.2) is 4.79 Å². The zero-order valence-corrected chi connectivity index (χ0v) is 22.0. The predicted octanol–water partition coefficient (Wildman–Crippen LogP) is 3.81. The van der Waals surface area contributed by atoms with Gasteiger partial charge in [-0.3, -0.25) is 19.3 Å². The van der Waals surface area contributed by atoms with Crippen LogP contribution in [0.25, 0.3) is 11.1 Å². The molecule has 1 saturated heterocycles. The van der Waals surface area contributed by atoms with E-state index in [-0.39, 0.29) is 35.9 Å². The Balaban J connectivity index is 1.59. The standard InChI is InChI=1S/C28H34N4O5/c1-17(2)37-28(36)31-15-18(3)32(20(5)34)25-11-10-23(14-26(25)31)21-6-8-22(9-7-21)27(35)30-13-12-24(16-30)29-19(4)33/h6-11,14,17-18,24H,12-13,15-16H2,1-5H3,(H,29,33). The Labute approximate surface area is 217 Å². The molecule has 9 heteroatoms. The van der Waals surface area contributed by atoms with Crippen LogP contribution in [0.3, 0.4) is 0 Å². The van der Waals surface area contributed by atoms with Gasteiger partial charge in [-0.2, -0.15) is 0 Å². The van der Waals surface area contributed by atoms with Crippen LogP contribution in [-0.4, -0.2) is 66.5 Å². The minimum absolute atomic E-state index is 0.0150. The SMILES string of the molecule is CC(=O)NC1CCN(C(=O)c2ccc(-c3ccc4c(c3)N(C(=O)OC(C)C)CC(C)N4C(C)=O)cc2)C1. The number of fused-ring (bicyclic) bond motifs is 1. The first-order chi connectivity index (χ1) is 17.5. The number of rotatable bonds is 4. The van der Waals surface area contributed by atoms with Crippen LogP contribution >= 0.6 is 0 Å². The minimum Gasteiger partial charge on any atom is -0.446 e. The highest BCUT2D eigenvalue weighted by molar-refractivity contribution is 6.03. The first kappa shape index (κ1) is 26.2. The van der Waals surface area contributed by atoms with E-state index in [1.165, 1.54) is 13.8 Å². The molecule has 1 fully saturated rings. The maximum Gasteiger partial charge on any atom is 0.414 e. The van der Waals surface area contributed by atoms with Gasteiger partial charge in [0.2, 0.25) is 11.8 Å². The molecule has 0 bridgehead atoms. The van der Waals surface area contributed by atoms with E-state index in [0.717, 1.165) is 17.5 Å². The molecule has 0 saturated carbocycles. The number of amides is 4. The number of nitrogens with zero attached hydrogens (tertiary/aromatic N) is 3. The normalized spacial score (nSPS) is 19.0. The maximum atomic E-state index is 13.0. The van der Waals surface area contributed by atoms with Crippen LogP contribution in [0, 0.1) is 0 Å². The van der Waals surface area contributed by atoms with Crippen molar-refractivity contribution in [3.63, 3.8) is 0 Å². The number of anilines is 2. The van der Waals surface area contributed by atoms with Crippen molar-refractivity contribution < 1.29 is 23.9 Å². The van der Waals surface area contributed by atoms with Crippen LogP contribution in [0.4, 0.5) is 16.2 Å². The molecule has 196 valence electrons. The third kappa shape index (κ3) is 5.60. The number of nitrogens with one attached hydrogen (secondary N) is 1. The average molecular weight is 507 g/mol. The molecule has 37 heavy (non-hydrogen) atoms. The molecule has 1 N–H and O–H groups in total. The number of ether oxygens (including phenoxy) is 1. The van der Waals surface area contributed by atoms with Gasteiger partial charge in [0.15, 0.2) is 0 Å². The fourth-order valence-corrected chi connectivity index (χ4v) is 5.06. The molecule has 2 aliphatic heterocycles. The van der Waals surface area contributed by atoms with Gasteiger partial charge in [-0.1, -0.05) is 18.2 Å². The Morgan fingerprint density at radius 1 is 0.946 bits per heavy atom. The number of hydrogen-bond acceptors (Lipinski definition) is 5. The zero-order chi connectivity index (χ0) is 26.9. The van der Waals surface area contributed by atoms with Gasteiger partial charge >= 0.3 is 6.09 Å². The van der Waals surface area contributed by atoms with Crippen LogP contribution in [0.5, 0.6) is 0 Å². The van der Waals surface area contributed by atoms with Crippen LogP contribution in [-0.2, 0) is 14.3 Å². The molecule has 9 nitrogen and oxygen atoms in total. The minimum atomic E-state index is -0.451. The quantitative estimate of drug-likeness (QED) is 0.680. The van der Waals surface area contributed by atoms with Crippen LogP contribution in [0.15, 0.2) is 42.5 Å². The largest absolute Gasteiger partial charge is 0.446 e. The fourth-order valence-electron chi connectivity index (χ4n) is 5.06. The molecule has 2 heterocycles. The van der Waals surface area contributed by atoms with Gasteiger partial charge in [-0.15, -0.1) is 0 Å². The maximum absolute atomic E-state index is 13.0. The van der Waals surface area contributed by atoms with Crippen LogP contribution in [0.1, 0.15) is 51.4 Å². The van der Waals surface area contributed by atoms with Crippen molar-refractivity contribution in [2.75, 3.05) is 29.4 Å². The Morgan fingerprint density at radius 3 is 2.24 bits per heavy atom. The molecule has 4 rings (SSSR count). The molecule has 2 unspecified atom stereocenters. The predicted molar refractivity (Wildman–Crippen MR) is 142 cm³/mol. The summed E-state index contributed by atoms with van der Waals surface area (Å²) in [4.78, 5) is 54.6. The summed E-state index contributed by atoms with van der Waals surface area (Å²) in [5.41, 5.74) is 3.57. The molecule has 2 aliphatic rings. The van der Waals surface area contributed by atoms with Gasteiger partial charge in [0.25, 0.3) is 5.91 Å². The monoisotopic (exact) mass is 506 g/mol. The molecule has 0 aliphatic carbocycles. The van der Waals surface area contributed by atoms with E-state index < -0.39 is 6.09 Å². The summed E-state index contributed by atoms with van der Waals surface area (Å²) in [6.45, 7) is 9.93. The van der Waals surface area contributed by atoms with Crippen molar-refractivity contribution >= 4 is 35.2 Å². The lowest BCUT2D eigenvalue weighted by atomic mass is 9.99. The first-order valence-electron chi connectivity index (χ1n) is 12.6. The molecule has 0 radical (unpaired) electrons. The van der Waals surface area contributed by atoms with Crippen LogP contribution in [0.2, 0.25) is 0 Å². The number of likely N-dealkylation sites (tertiary alicyclic amines) is 1. The highest BCUT2D eigenvalue weighted by atomic mass is 16.6. The average Bonchev–Trinajstić information content (AvgIpc) is 3.30. The summed E-state index contributed by atoms with van der Waals surface area (Å²) in [5.74, 6) is -0.256. The molecule has 0 aromatic heterocycles. The Bertz CT molecular complexity index is 1210. The molecule has 2 atom stereocenters. The highest BCUT2D eigenvalue weighted by Gasteiger charge is 2.35. The summed E-state index contributed by atoms with van der Waals surface area (Å²) >= 11 is 0. The van der Waals surface area contributed by atoms with Crippen molar-refractivity contribution in [2.24, 2.45) is 0 Å². The number of carbonyl (C=O) groups excluding carboxylic acids is 4. The summed E-state index contributed by atoms with van der Waals surface area (Å²) < 4.78 is 5.47. The number of hydrogen-bond donors (Lipinski definition) is 1. The fraction of sp³-hybridized carbons (Fsp3) is 0.429. The van der Waals surface area contributed by atoms with E-state index in [1.54, 1.807) is 40.7 Å². The van der Waals surface area contributed by atoms with Crippen LogP contribution < -0.4 is 15.1 Å². The Morgan fingerprint density at radius 2 is 1.62 bits per heavy atom. The van der Waals surface area contributed by atoms with E-state index in [4.69, 9.17) is 4.74 Å². The second-order valence-electron chi connectivity index (χ2n) is 10.00. The van der Waals surface area contributed by atoms with E-state index in [9.17, 15) is 19.2 Å². The zero-order valence-electron chi connectivity index (χ0n) is 22.0. The molecular weight excluding hydrogens is 472 g/mol. The lowest BCUT2D eigenvalue weighted by Gasteiger charge is -2.40. The third-order valence-corrected chi connectivity index (χ3v) is 6.66. The van der Waals surface area contributed by atoms with Gasteiger partial charge in [0.1, 0.15) is 0 Å². The summed E-state index contributed by atoms with van der Waals surface area (Å²) in [7, 11) is 0. The Kier molecular flexibility index (Phi) is 7.52. The second-order valence-corrected chi connectivity index (χ2v) is 10.00. The Hall–Kier alpha value is -3.88. The molecule has 2 aromatic rings. The van der Waals surface area contributed by atoms with Crippen molar-refractivity contribution in [1.82, 2.24) is 10.2 Å². The van der Waals surface area contributed by atoms with Crippen molar-refractivity contribution in [3.05, 3.63) is 48.0 Å². The first-order valence-corrected chi connectivity index (χ1v) is 12.6. The smallest absolute Gasteiger partial charge is 0.414 e.